The Morgan fingerprint density at radius 3 is 2.83 bits per heavy atom. The van der Waals surface area contributed by atoms with E-state index in [4.69, 9.17) is 0 Å². The molecule has 0 aliphatic heterocycles. The molecular weight excluding hydrogens is 265 g/mol. The maximum Gasteiger partial charge on any atom is 0.249 e. The maximum absolute atomic E-state index is 11.0. The van der Waals surface area contributed by atoms with Crippen LogP contribution >= 0.6 is 22.6 Å². The minimum atomic E-state index is -0.0434. The molecule has 2 aromatic rings. The third-order valence-electron chi connectivity index (χ3n) is 1.72. The molecule has 1 N–H and O–H groups in total. The Balaban J connectivity index is 2.99. The molecule has 0 unspecified atom stereocenters. The Labute approximate surface area is 82.8 Å². The fraction of sp³-hybridized carbons (Fsp3) is 0. The molecule has 0 aliphatic carbocycles. The largest absolute Gasteiger partial charge is 0.317 e. The number of aromatic amines is 1. The zero-order chi connectivity index (χ0) is 8.55. The van der Waals surface area contributed by atoms with Crippen molar-refractivity contribution in [2.24, 2.45) is 0 Å². The van der Waals surface area contributed by atoms with Crippen LogP contribution in [0.2, 0.25) is 0 Å². The summed E-state index contributed by atoms with van der Waals surface area (Å²) in [6.07, 6.45) is 0. The van der Waals surface area contributed by atoms with Crippen LogP contribution in [0, 0.1) is 3.70 Å². The minimum Gasteiger partial charge on any atom is -0.317 e. The van der Waals surface area contributed by atoms with Crippen molar-refractivity contribution in [1.29, 1.82) is 0 Å². The molecule has 1 heterocycles. The number of aromatic nitrogens is 1. The molecule has 12 heavy (non-hydrogen) atoms. The van der Waals surface area contributed by atoms with Crippen LogP contribution in [0.4, 0.5) is 0 Å². The van der Waals surface area contributed by atoms with Crippen molar-refractivity contribution >= 4 is 33.4 Å². The molecular formula is C9H6INO. The van der Waals surface area contributed by atoms with Gasteiger partial charge in [-0.15, -0.1) is 0 Å². The Morgan fingerprint density at radius 2 is 2.00 bits per heavy atom. The first-order valence-electron chi connectivity index (χ1n) is 3.55. The summed E-state index contributed by atoms with van der Waals surface area (Å²) in [5.74, 6) is 0. The average Bonchev–Trinajstić information content (AvgIpc) is 2.04. The fourth-order valence-corrected chi connectivity index (χ4v) is 1.93. The molecule has 60 valence electrons. The number of halogens is 1. The number of rotatable bonds is 0. The van der Waals surface area contributed by atoms with E-state index in [0.717, 1.165) is 14.5 Å². The summed E-state index contributed by atoms with van der Waals surface area (Å²) >= 11 is 2.13. The van der Waals surface area contributed by atoms with Crippen LogP contribution in [-0.4, -0.2) is 4.98 Å². The predicted octanol–water partition coefficient (Wildman–Crippen LogP) is 2.13. The smallest absolute Gasteiger partial charge is 0.249 e. The van der Waals surface area contributed by atoms with E-state index in [-0.39, 0.29) is 5.56 Å². The Bertz CT molecular complexity index is 475. The topological polar surface area (TPSA) is 32.9 Å². The Morgan fingerprint density at radius 1 is 1.25 bits per heavy atom. The average molecular weight is 271 g/mol. The summed E-state index contributed by atoms with van der Waals surface area (Å²) in [6, 6.07) is 9.43. The molecule has 0 saturated carbocycles. The summed E-state index contributed by atoms with van der Waals surface area (Å²) in [5, 5.41) is 2.09. The minimum absolute atomic E-state index is 0.0434. The van der Waals surface area contributed by atoms with E-state index in [0.29, 0.717) is 0 Å². The summed E-state index contributed by atoms with van der Waals surface area (Å²) in [6.45, 7) is 0. The van der Waals surface area contributed by atoms with E-state index in [1.54, 1.807) is 6.07 Å². The Hall–Kier alpha value is -0.840. The molecule has 0 aliphatic rings. The lowest BCUT2D eigenvalue weighted by atomic mass is 10.2. The molecule has 0 fully saturated rings. The summed E-state index contributed by atoms with van der Waals surface area (Å²) < 4.78 is 0.899. The Kier molecular flexibility index (Phi) is 1.88. The van der Waals surface area contributed by atoms with Crippen LogP contribution in [0.15, 0.2) is 35.1 Å². The van der Waals surface area contributed by atoms with Crippen molar-refractivity contribution in [3.63, 3.8) is 0 Å². The van der Waals surface area contributed by atoms with Crippen molar-refractivity contribution in [1.82, 2.24) is 4.98 Å². The SMILES string of the molecule is O=c1cc2ccccc2c(I)[nH]1. The van der Waals surface area contributed by atoms with Crippen LogP contribution in [0.5, 0.6) is 0 Å². The van der Waals surface area contributed by atoms with Crippen LogP contribution in [0.25, 0.3) is 10.8 Å². The third kappa shape index (κ3) is 1.24. The molecule has 0 spiro atoms. The second kappa shape index (κ2) is 2.90. The van der Waals surface area contributed by atoms with Gasteiger partial charge in [-0.1, -0.05) is 24.3 Å². The van der Waals surface area contributed by atoms with Gasteiger partial charge in [0.25, 0.3) is 0 Å². The zero-order valence-corrected chi connectivity index (χ0v) is 8.33. The standard InChI is InChI=1S/C9H6INO/c10-9-7-4-2-1-3-6(7)5-8(12)11-9/h1-5H,(H,11,12). The lowest BCUT2D eigenvalue weighted by Crippen LogP contribution is -2.05. The van der Waals surface area contributed by atoms with E-state index in [1.165, 1.54) is 0 Å². The van der Waals surface area contributed by atoms with Gasteiger partial charge in [0.15, 0.2) is 0 Å². The molecule has 3 heteroatoms. The van der Waals surface area contributed by atoms with Gasteiger partial charge in [0.2, 0.25) is 5.56 Å². The van der Waals surface area contributed by atoms with Crippen molar-refractivity contribution in [2.75, 3.05) is 0 Å². The van der Waals surface area contributed by atoms with E-state index in [2.05, 4.69) is 27.6 Å². The summed E-state index contributed by atoms with van der Waals surface area (Å²) in [4.78, 5) is 13.8. The number of nitrogens with one attached hydrogen (secondary N) is 1. The van der Waals surface area contributed by atoms with Gasteiger partial charge >= 0.3 is 0 Å². The van der Waals surface area contributed by atoms with Gasteiger partial charge < -0.3 is 4.98 Å². The highest BCUT2D eigenvalue weighted by molar-refractivity contribution is 14.1. The molecule has 0 radical (unpaired) electrons. The first-order chi connectivity index (χ1) is 5.77. The number of hydrogen-bond donors (Lipinski definition) is 1. The van der Waals surface area contributed by atoms with Gasteiger partial charge in [0.1, 0.15) is 0 Å². The molecule has 0 saturated heterocycles. The van der Waals surface area contributed by atoms with E-state index in [9.17, 15) is 4.79 Å². The van der Waals surface area contributed by atoms with E-state index in [1.807, 2.05) is 24.3 Å². The molecule has 2 nitrogen and oxygen atoms in total. The van der Waals surface area contributed by atoms with Crippen molar-refractivity contribution < 1.29 is 0 Å². The maximum atomic E-state index is 11.0. The normalized spacial score (nSPS) is 10.4. The number of fused-ring (bicyclic) bond motifs is 1. The first-order valence-corrected chi connectivity index (χ1v) is 4.63. The third-order valence-corrected chi connectivity index (χ3v) is 2.57. The molecule has 1 aromatic carbocycles. The number of benzene rings is 1. The van der Waals surface area contributed by atoms with Crippen LogP contribution in [0.1, 0.15) is 0 Å². The van der Waals surface area contributed by atoms with E-state index < -0.39 is 0 Å². The van der Waals surface area contributed by atoms with Crippen molar-refractivity contribution in [3.05, 3.63) is 44.4 Å². The first kappa shape index (κ1) is 7.79. The van der Waals surface area contributed by atoms with E-state index >= 15 is 0 Å². The van der Waals surface area contributed by atoms with Crippen molar-refractivity contribution in [2.45, 2.75) is 0 Å². The molecule has 0 bridgehead atoms. The summed E-state index contributed by atoms with van der Waals surface area (Å²) in [7, 11) is 0. The number of H-pyrrole nitrogens is 1. The van der Waals surface area contributed by atoms with Crippen LogP contribution in [-0.2, 0) is 0 Å². The lowest BCUT2D eigenvalue weighted by Gasteiger charge is -1.97. The van der Waals surface area contributed by atoms with Gasteiger partial charge in [0, 0.05) is 11.5 Å². The fourth-order valence-electron chi connectivity index (χ4n) is 1.18. The summed E-state index contributed by atoms with van der Waals surface area (Å²) in [5.41, 5.74) is -0.0434. The highest BCUT2D eigenvalue weighted by atomic mass is 127. The van der Waals surface area contributed by atoms with Gasteiger partial charge in [-0.2, -0.15) is 0 Å². The quantitative estimate of drug-likeness (QED) is 0.578. The highest BCUT2D eigenvalue weighted by Gasteiger charge is 1.97. The molecule has 1 aromatic heterocycles. The van der Waals surface area contributed by atoms with Crippen molar-refractivity contribution in [3.8, 4) is 0 Å². The second-order valence-corrected chi connectivity index (χ2v) is 3.61. The zero-order valence-electron chi connectivity index (χ0n) is 6.17. The van der Waals surface area contributed by atoms with Crippen LogP contribution < -0.4 is 5.56 Å². The van der Waals surface area contributed by atoms with Gasteiger partial charge in [0.05, 0.1) is 3.70 Å². The van der Waals surface area contributed by atoms with Gasteiger partial charge in [-0.25, -0.2) is 0 Å². The van der Waals surface area contributed by atoms with Crippen LogP contribution in [0.3, 0.4) is 0 Å². The lowest BCUT2D eigenvalue weighted by molar-refractivity contribution is 1.22. The van der Waals surface area contributed by atoms with Gasteiger partial charge in [-0.05, 0) is 28.0 Å². The molecule has 0 atom stereocenters. The van der Waals surface area contributed by atoms with Gasteiger partial charge in [-0.3, -0.25) is 4.79 Å². The number of pyridine rings is 1. The second-order valence-electron chi connectivity index (χ2n) is 2.53. The number of hydrogen-bond acceptors (Lipinski definition) is 1. The molecule has 0 amide bonds. The monoisotopic (exact) mass is 271 g/mol. The highest BCUT2D eigenvalue weighted by Crippen LogP contribution is 2.15. The molecule has 2 rings (SSSR count). The predicted molar refractivity (Wildman–Crippen MR) is 57.3 cm³/mol.